The molecule has 3 heteroatoms. The molecular formula is C16H14ClNS. The summed E-state index contributed by atoms with van der Waals surface area (Å²) in [6.07, 6.45) is 2.13. The zero-order chi connectivity index (χ0) is 13.1. The maximum atomic E-state index is 6.00. The van der Waals surface area contributed by atoms with Crippen LogP contribution in [-0.4, -0.2) is 10.3 Å². The minimum absolute atomic E-state index is 0.795. The molecule has 0 atom stereocenters. The van der Waals surface area contributed by atoms with Crippen LogP contribution < -0.4 is 0 Å². The van der Waals surface area contributed by atoms with Crippen LogP contribution in [0.4, 0.5) is 0 Å². The molecule has 0 bridgehead atoms. The van der Waals surface area contributed by atoms with Gasteiger partial charge in [0.05, 0.1) is 0 Å². The van der Waals surface area contributed by atoms with E-state index in [0.717, 1.165) is 17.3 Å². The highest BCUT2D eigenvalue weighted by molar-refractivity contribution is 7.99. The van der Waals surface area contributed by atoms with Gasteiger partial charge in [-0.3, -0.25) is 0 Å². The van der Waals surface area contributed by atoms with Crippen molar-refractivity contribution in [1.82, 2.24) is 4.57 Å². The van der Waals surface area contributed by atoms with E-state index in [9.17, 15) is 0 Å². The first-order chi connectivity index (χ1) is 9.33. The van der Waals surface area contributed by atoms with E-state index in [-0.39, 0.29) is 0 Å². The maximum Gasteiger partial charge on any atom is 0.0481 e. The van der Waals surface area contributed by atoms with Crippen LogP contribution >= 0.6 is 23.4 Å². The highest BCUT2D eigenvalue weighted by atomic mass is 35.5. The van der Waals surface area contributed by atoms with E-state index in [1.807, 2.05) is 30.0 Å². The molecule has 0 saturated carbocycles. The molecule has 0 radical (unpaired) electrons. The summed E-state index contributed by atoms with van der Waals surface area (Å²) in [5.41, 5.74) is 1.25. The fourth-order valence-electron chi connectivity index (χ4n) is 2.14. The molecule has 0 spiro atoms. The van der Waals surface area contributed by atoms with Crippen molar-refractivity contribution in [2.45, 2.75) is 11.4 Å². The first-order valence-corrected chi connectivity index (χ1v) is 7.61. The summed E-state index contributed by atoms with van der Waals surface area (Å²) in [4.78, 5) is 1.32. The zero-order valence-electron chi connectivity index (χ0n) is 10.4. The molecule has 0 saturated heterocycles. The number of aromatic nitrogens is 1. The van der Waals surface area contributed by atoms with Crippen LogP contribution in [0.3, 0.4) is 0 Å². The van der Waals surface area contributed by atoms with Gasteiger partial charge in [-0.25, -0.2) is 0 Å². The molecule has 0 fully saturated rings. The molecular weight excluding hydrogens is 274 g/mol. The fraction of sp³-hybridized carbons (Fsp3) is 0.125. The summed E-state index contributed by atoms with van der Waals surface area (Å²) in [6, 6.07) is 18.7. The Morgan fingerprint density at radius 2 is 1.84 bits per heavy atom. The van der Waals surface area contributed by atoms with Crippen molar-refractivity contribution in [3.05, 3.63) is 65.8 Å². The summed E-state index contributed by atoms with van der Waals surface area (Å²) < 4.78 is 2.28. The number of benzene rings is 2. The number of fused-ring (bicyclic) bond motifs is 1. The molecule has 1 nitrogen and oxygen atoms in total. The van der Waals surface area contributed by atoms with Crippen LogP contribution in [0, 0.1) is 0 Å². The lowest BCUT2D eigenvalue weighted by molar-refractivity contribution is 0.807. The van der Waals surface area contributed by atoms with Crippen molar-refractivity contribution >= 4 is 34.3 Å². The standard InChI is InChI=1S/C16H14ClNS/c17-14-6-7-16-13(12-14)8-9-18(16)10-11-19-15-4-2-1-3-5-15/h1-9,12H,10-11H2. The minimum Gasteiger partial charge on any atom is -0.347 e. The Morgan fingerprint density at radius 3 is 2.68 bits per heavy atom. The van der Waals surface area contributed by atoms with Gasteiger partial charge in [0.15, 0.2) is 0 Å². The molecule has 1 aromatic heterocycles. The van der Waals surface area contributed by atoms with E-state index in [1.165, 1.54) is 15.8 Å². The topological polar surface area (TPSA) is 4.93 Å². The summed E-state index contributed by atoms with van der Waals surface area (Å²) in [5.74, 6) is 1.07. The summed E-state index contributed by atoms with van der Waals surface area (Å²) in [5, 5.41) is 2.00. The van der Waals surface area contributed by atoms with Gasteiger partial charge in [0.2, 0.25) is 0 Å². The Hall–Kier alpha value is -1.38. The largest absolute Gasteiger partial charge is 0.347 e. The second-order valence-electron chi connectivity index (χ2n) is 4.37. The lowest BCUT2D eigenvalue weighted by Gasteiger charge is -2.05. The van der Waals surface area contributed by atoms with E-state index in [1.54, 1.807) is 0 Å². The molecule has 3 rings (SSSR count). The number of thioether (sulfide) groups is 1. The highest BCUT2D eigenvalue weighted by Crippen LogP contribution is 2.22. The maximum absolute atomic E-state index is 6.00. The zero-order valence-corrected chi connectivity index (χ0v) is 12.0. The monoisotopic (exact) mass is 287 g/mol. The third-order valence-electron chi connectivity index (χ3n) is 3.08. The van der Waals surface area contributed by atoms with Crippen LogP contribution in [0.25, 0.3) is 10.9 Å². The number of rotatable bonds is 4. The van der Waals surface area contributed by atoms with E-state index in [4.69, 9.17) is 11.6 Å². The Kier molecular flexibility index (Phi) is 3.81. The van der Waals surface area contributed by atoms with Gasteiger partial charge in [0.25, 0.3) is 0 Å². The van der Waals surface area contributed by atoms with E-state index >= 15 is 0 Å². The molecule has 96 valence electrons. The molecule has 0 aliphatic rings. The highest BCUT2D eigenvalue weighted by Gasteiger charge is 2.01. The van der Waals surface area contributed by atoms with Crippen LogP contribution in [0.1, 0.15) is 0 Å². The van der Waals surface area contributed by atoms with Crippen molar-refractivity contribution in [3.63, 3.8) is 0 Å². The van der Waals surface area contributed by atoms with Crippen LogP contribution in [0.5, 0.6) is 0 Å². The van der Waals surface area contributed by atoms with Crippen molar-refractivity contribution < 1.29 is 0 Å². The van der Waals surface area contributed by atoms with Gasteiger partial charge in [0.1, 0.15) is 0 Å². The second-order valence-corrected chi connectivity index (χ2v) is 5.98. The Morgan fingerprint density at radius 1 is 1.00 bits per heavy atom. The van der Waals surface area contributed by atoms with E-state index < -0.39 is 0 Å². The van der Waals surface area contributed by atoms with Gasteiger partial charge in [-0.15, -0.1) is 11.8 Å². The average molecular weight is 288 g/mol. The van der Waals surface area contributed by atoms with Crippen molar-refractivity contribution in [2.75, 3.05) is 5.75 Å². The number of halogens is 1. The molecule has 0 aliphatic heterocycles. The molecule has 0 N–H and O–H groups in total. The Bertz CT molecular complexity index is 676. The summed E-state index contributed by atoms with van der Waals surface area (Å²) >= 11 is 7.88. The van der Waals surface area contributed by atoms with Crippen LogP contribution in [0.2, 0.25) is 5.02 Å². The molecule has 19 heavy (non-hydrogen) atoms. The molecule has 3 aromatic rings. The smallest absolute Gasteiger partial charge is 0.0481 e. The van der Waals surface area contributed by atoms with E-state index in [0.29, 0.717) is 0 Å². The SMILES string of the molecule is Clc1ccc2c(ccn2CCSc2ccccc2)c1. The van der Waals surface area contributed by atoms with Crippen LogP contribution in [0.15, 0.2) is 65.7 Å². The predicted octanol–water partition coefficient (Wildman–Crippen LogP) is 5.09. The average Bonchev–Trinajstić information content (AvgIpc) is 2.82. The third-order valence-corrected chi connectivity index (χ3v) is 4.30. The summed E-state index contributed by atoms with van der Waals surface area (Å²) in [6.45, 7) is 1.00. The number of hydrogen-bond donors (Lipinski definition) is 0. The van der Waals surface area contributed by atoms with E-state index in [2.05, 4.69) is 47.2 Å². The molecule has 2 aromatic carbocycles. The van der Waals surface area contributed by atoms with Gasteiger partial charge in [0, 0.05) is 39.3 Å². The lowest BCUT2D eigenvalue weighted by atomic mass is 10.2. The van der Waals surface area contributed by atoms with Gasteiger partial charge in [-0.05, 0) is 36.4 Å². The Balaban J connectivity index is 1.69. The molecule has 1 heterocycles. The molecule has 0 unspecified atom stereocenters. The van der Waals surface area contributed by atoms with Gasteiger partial charge in [-0.2, -0.15) is 0 Å². The fourth-order valence-corrected chi connectivity index (χ4v) is 3.20. The first-order valence-electron chi connectivity index (χ1n) is 6.25. The number of aryl methyl sites for hydroxylation is 1. The van der Waals surface area contributed by atoms with Crippen molar-refractivity contribution in [2.24, 2.45) is 0 Å². The number of nitrogens with zero attached hydrogens (tertiary/aromatic N) is 1. The molecule has 0 amide bonds. The number of hydrogen-bond acceptors (Lipinski definition) is 1. The Labute approximate surface area is 122 Å². The third kappa shape index (κ3) is 2.96. The van der Waals surface area contributed by atoms with Gasteiger partial charge >= 0.3 is 0 Å². The predicted molar refractivity (Wildman–Crippen MR) is 84.1 cm³/mol. The van der Waals surface area contributed by atoms with Gasteiger partial charge < -0.3 is 4.57 Å². The second kappa shape index (κ2) is 5.72. The normalized spacial score (nSPS) is 11.0. The first kappa shape index (κ1) is 12.6. The quantitative estimate of drug-likeness (QED) is 0.605. The van der Waals surface area contributed by atoms with Gasteiger partial charge in [-0.1, -0.05) is 29.8 Å². The molecule has 0 aliphatic carbocycles. The van der Waals surface area contributed by atoms with Crippen molar-refractivity contribution in [1.29, 1.82) is 0 Å². The minimum atomic E-state index is 0.795. The lowest BCUT2D eigenvalue weighted by Crippen LogP contribution is -1.98. The van der Waals surface area contributed by atoms with Crippen molar-refractivity contribution in [3.8, 4) is 0 Å². The summed E-state index contributed by atoms with van der Waals surface area (Å²) in [7, 11) is 0. The van der Waals surface area contributed by atoms with Crippen LogP contribution in [-0.2, 0) is 6.54 Å².